The average Bonchev–Trinajstić information content (AvgIpc) is 3.71. The monoisotopic (exact) mass is 905 g/mol. The highest BCUT2D eigenvalue weighted by Gasteiger charge is 2.34. The molecule has 9 rings (SSSR count). The number of fused-ring (bicyclic) bond motifs is 2. The Morgan fingerprint density at radius 2 is 1.49 bits per heavy atom. The average molecular weight is 905 g/mol. The maximum atomic E-state index is 4.93. The van der Waals surface area contributed by atoms with Gasteiger partial charge in [0.2, 0.25) is 0 Å². The van der Waals surface area contributed by atoms with Gasteiger partial charge >= 0.3 is 0 Å². The quantitative estimate of drug-likeness (QED) is 0.102. The molecule has 4 nitrogen and oxygen atoms in total. The fourth-order valence-electron chi connectivity index (χ4n) is 8.72. The van der Waals surface area contributed by atoms with Crippen LogP contribution in [0.4, 0.5) is 0 Å². The molecule has 3 aliphatic rings. The summed E-state index contributed by atoms with van der Waals surface area (Å²) in [6.07, 6.45) is 37.5. The van der Waals surface area contributed by atoms with Gasteiger partial charge in [-0.25, -0.2) is 15.0 Å². The summed E-state index contributed by atoms with van der Waals surface area (Å²) in [5.41, 5.74) is 11.5. The van der Waals surface area contributed by atoms with Crippen LogP contribution in [0.15, 0.2) is 232 Å². The van der Waals surface area contributed by atoms with E-state index in [2.05, 4.69) is 217 Å². The third kappa shape index (κ3) is 13.3. The molecule has 2 atom stereocenters. The van der Waals surface area contributed by atoms with Gasteiger partial charge in [0, 0.05) is 41.1 Å². The smallest absolute Gasteiger partial charge is 0.163 e. The standard InChI is InChI=1S/C31H29N3.C24H25N.C8H10.C2H4/c1-3-5-15-26(14-4-2)29-32-30(27-19-10-7-11-20-27)34-31(33-29)28-21-13-12-18-25(22-23-28)24-16-8-6-9-17-24;1-17-20-10-5-6-11-22(20)24(2,3)21(17)13-12-18-8-7-9-19-14-15-25(4)23(19)16-18;1-2-8-6-4-3-5-7-8;1-2/h3-4,6-11,13-23,28H,1,5,12H2,2H3;5-16,18H,1-4H3;3-7H,2H2,1H3;1-2H2/b14-4-,21-13-,23-22?,25-18+,26-15+;13-12-;;. The lowest BCUT2D eigenvalue weighted by Gasteiger charge is -2.23. The SMILES string of the molecule is C=C.C=CC/C=C(\C=C/C)c1nc(-c2ccccc2)nc(C2C=C/C(c3ccccc3)=C\C/C=C\2)n1.CC1=C(/C=C\C2C=CC=c3ccn(C)c3=C2)C(C)(C)c2ccccc21.CCc1ccccc1. The second-order valence-corrected chi connectivity index (χ2v) is 17.4. The van der Waals surface area contributed by atoms with Gasteiger partial charge in [0.25, 0.3) is 0 Å². The van der Waals surface area contributed by atoms with E-state index in [9.17, 15) is 0 Å². The molecule has 2 unspecified atom stereocenters. The molecule has 4 heteroatoms. The normalized spacial score (nSPS) is 17.9. The molecular formula is C65H68N4. The lowest BCUT2D eigenvalue weighted by Crippen LogP contribution is -2.27. The molecule has 0 saturated heterocycles. The van der Waals surface area contributed by atoms with E-state index in [4.69, 9.17) is 15.0 Å². The highest BCUT2D eigenvalue weighted by atomic mass is 15.0. The van der Waals surface area contributed by atoms with E-state index in [1.54, 1.807) is 0 Å². The maximum absolute atomic E-state index is 4.93. The number of hydrogen-bond donors (Lipinski definition) is 0. The fourth-order valence-corrected chi connectivity index (χ4v) is 8.72. The molecule has 0 saturated carbocycles. The number of aryl methyl sites for hydroxylation is 2. The van der Waals surface area contributed by atoms with Crippen LogP contribution in [0.2, 0.25) is 0 Å². The molecule has 0 N–H and O–H groups in total. The molecule has 69 heavy (non-hydrogen) atoms. The zero-order chi connectivity index (χ0) is 49.0. The summed E-state index contributed by atoms with van der Waals surface area (Å²) >= 11 is 0. The zero-order valence-electron chi connectivity index (χ0n) is 41.5. The van der Waals surface area contributed by atoms with Gasteiger partial charge in [-0.05, 0) is 89.4 Å². The lowest BCUT2D eigenvalue weighted by molar-refractivity contribution is 0.653. The molecule has 3 aliphatic carbocycles. The maximum Gasteiger partial charge on any atom is 0.163 e. The molecule has 0 fully saturated rings. The highest BCUT2D eigenvalue weighted by molar-refractivity contribution is 5.81. The Hall–Kier alpha value is -7.69. The van der Waals surface area contributed by atoms with Crippen LogP contribution in [0, 0.1) is 5.92 Å². The summed E-state index contributed by atoms with van der Waals surface area (Å²) < 4.78 is 2.19. The van der Waals surface area contributed by atoms with Crippen molar-refractivity contribution in [3.05, 3.63) is 276 Å². The van der Waals surface area contributed by atoms with Crippen molar-refractivity contribution in [2.45, 2.75) is 65.2 Å². The van der Waals surface area contributed by atoms with Crippen LogP contribution < -0.4 is 10.6 Å². The van der Waals surface area contributed by atoms with Crippen molar-refractivity contribution >= 4 is 28.9 Å². The van der Waals surface area contributed by atoms with Crippen molar-refractivity contribution in [2.75, 3.05) is 0 Å². The summed E-state index contributed by atoms with van der Waals surface area (Å²) in [6, 6.07) is 42.0. The largest absolute Gasteiger partial charge is 0.351 e. The highest BCUT2D eigenvalue weighted by Crippen LogP contribution is 2.46. The third-order valence-corrected chi connectivity index (χ3v) is 12.4. The van der Waals surface area contributed by atoms with Crippen molar-refractivity contribution in [1.82, 2.24) is 19.5 Å². The van der Waals surface area contributed by atoms with Gasteiger partial charge in [-0.1, -0.05) is 221 Å². The van der Waals surface area contributed by atoms with Gasteiger partial charge in [-0.3, -0.25) is 0 Å². The molecule has 6 aromatic rings. The van der Waals surface area contributed by atoms with Crippen LogP contribution in [0.3, 0.4) is 0 Å². The second-order valence-electron chi connectivity index (χ2n) is 17.4. The molecule has 4 aromatic carbocycles. The molecule has 2 heterocycles. The molecular weight excluding hydrogens is 837 g/mol. The fraction of sp³-hybridized carbons (Fsp3) is 0.185. The molecule has 0 aliphatic heterocycles. The first-order valence-electron chi connectivity index (χ1n) is 24.1. The van der Waals surface area contributed by atoms with E-state index in [1.165, 1.54) is 49.5 Å². The number of hydrogen-bond acceptors (Lipinski definition) is 3. The third-order valence-electron chi connectivity index (χ3n) is 12.4. The van der Waals surface area contributed by atoms with E-state index >= 15 is 0 Å². The minimum atomic E-state index is -0.0529. The van der Waals surface area contributed by atoms with E-state index < -0.39 is 0 Å². The van der Waals surface area contributed by atoms with Crippen LogP contribution in [0.1, 0.15) is 87.3 Å². The molecule has 0 radical (unpaired) electrons. The minimum Gasteiger partial charge on any atom is -0.351 e. The summed E-state index contributed by atoms with van der Waals surface area (Å²) in [5.74, 6) is 2.34. The first-order chi connectivity index (χ1) is 33.7. The van der Waals surface area contributed by atoms with Gasteiger partial charge in [0.05, 0.1) is 5.92 Å². The Morgan fingerprint density at radius 3 is 2.16 bits per heavy atom. The Kier molecular flexibility index (Phi) is 18.7. The second kappa shape index (κ2) is 25.4. The summed E-state index contributed by atoms with van der Waals surface area (Å²) in [4.78, 5) is 14.7. The van der Waals surface area contributed by atoms with E-state index in [0.717, 1.165) is 36.2 Å². The molecule has 0 amide bonds. The van der Waals surface area contributed by atoms with Gasteiger partial charge in [-0.2, -0.15) is 0 Å². The van der Waals surface area contributed by atoms with Crippen molar-refractivity contribution in [3.63, 3.8) is 0 Å². The molecule has 0 bridgehead atoms. The number of allylic oxidation sites excluding steroid dienone is 17. The van der Waals surface area contributed by atoms with Gasteiger partial charge in [0.15, 0.2) is 11.6 Å². The number of aromatic nitrogens is 4. The summed E-state index contributed by atoms with van der Waals surface area (Å²) in [6.45, 7) is 20.9. The van der Waals surface area contributed by atoms with Gasteiger partial charge in [-0.15, -0.1) is 19.7 Å². The van der Waals surface area contributed by atoms with Gasteiger partial charge in [0.1, 0.15) is 5.82 Å². The number of rotatable bonds is 10. The van der Waals surface area contributed by atoms with Crippen LogP contribution >= 0.6 is 0 Å². The van der Waals surface area contributed by atoms with Crippen LogP contribution in [-0.4, -0.2) is 19.5 Å². The van der Waals surface area contributed by atoms with Crippen molar-refractivity contribution in [2.24, 2.45) is 13.0 Å². The zero-order valence-corrected chi connectivity index (χ0v) is 41.5. The number of nitrogens with zero attached hydrogens (tertiary/aromatic N) is 4. The Labute approximate surface area is 412 Å². The number of benzene rings is 4. The summed E-state index contributed by atoms with van der Waals surface area (Å²) in [5, 5.41) is 2.58. The predicted molar refractivity (Wildman–Crippen MR) is 297 cm³/mol. The van der Waals surface area contributed by atoms with E-state index in [0.29, 0.717) is 17.6 Å². The molecule has 348 valence electrons. The van der Waals surface area contributed by atoms with Crippen LogP contribution in [0.25, 0.3) is 40.3 Å². The molecule has 2 aromatic heterocycles. The van der Waals surface area contributed by atoms with Crippen molar-refractivity contribution < 1.29 is 0 Å². The predicted octanol–water partition coefficient (Wildman–Crippen LogP) is 14.9. The topological polar surface area (TPSA) is 43.6 Å². The van der Waals surface area contributed by atoms with Crippen LogP contribution in [0.5, 0.6) is 0 Å². The van der Waals surface area contributed by atoms with E-state index in [1.807, 2.05) is 67.6 Å². The minimum absolute atomic E-state index is 0.0529. The van der Waals surface area contributed by atoms with Crippen molar-refractivity contribution in [1.29, 1.82) is 0 Å². The van der Waals surface area contributed by atoms with Crippen molar-refractivity contribution in [3.8, 4) is 11.4 Å². The van der Waals surface area contributed by atoms with E-state index in [-0.39, 0.29) is 11.3 Å². The Balaban J connectivity index is 0.000000194. The first kappa shape index (κ1) is 50.7. The Bertz CT molecular complexity index is 3020. The summed E-state index contributed by atoms with van der Waals surface area (Å²) in [7, 11) is 2.11. The molecule has 0 spiro atoms. The lowest BCUT2D eigenvalue weighted by atomic mass is 9.81. The first-order valence-corrected chi connectivity index (χ1v) is 24.1. The Morgan fingerprint density at radius 1 is 0.812 bits per heavy atom. The van der Waals surface area contributed by atoms with Gasteiger partial charge < -0.3 is 4.57 Å². The van der Waals surface area contributed by atoms with Crippen LogP contribution in [-0.2, 0) is 18.9 Å².